The first-order chi connectivity index (χ1) is 7.46. The van der Waals surface area contributed by atoms with Gasteiger partial charge in [0.15, 0.2) is 11.6 Å². The van der Waals surface area contributed by atoms with E-state index in [0.29, 0.717) is 11.6 Å². The van der Waals surface area contributed by atoms with Crippen molar-refractivity contribution in [2.45, 2.75) is 6.92 Å². The molecule has 16 heavy (non-hydrogen) atoms. The molecule has 0 aromatic carbocycles. The summed E-state index contributed by atoms with van der Waals surface area (Å²) in [5, 5.41) is 6.55. The van der Waals surface area contributed by atoms with Crippen molar-refractivity contribution in [1.29, 1.82) is 0 Å². The van der Waals surface area contributed by atoms with E-state index >= 15 is 0 Å². The van der Waals surface area contributed by atoms with Crippen LogP contribution in [0.2, 0.25) is 0 Å². The zero-order valence-corrected chi connectivity index (χ0v) is 10.0. The van der Waals surface area contributed by atoms with Crippen molar-refractivity contribution in [2.75, 3.05) is 12.5 Å². The van der Waals surface area contributed by atoms with E-state index in [2.05, 4.69) is 19.5 Å². The largest absolute Gasteiger partial charge is 0.461 e. The number of hydrogen-bond donors (Lipinski definition) is 1. The Balaban J connectivity index is 2.42. The summed E-state index contributed by atoms with van der Waals surface area (Å²) in [6.45, 7) is 1.90. The van der Waals surface area contributed by atoms with E-state index in [-0.39, 0.29) is 5.95 Å². The number of H-pyrrole nitrogens is 1. The van der Waals surface area contributed by atoms with Crippen LogP contribution < -0.4 is 0 Å². The fraction of sp³-hybridized carbons (Fsp3) is 0.333. The summed E-state index contributed by atoms with van der Waals surface area (Å²) in [7, 11) is -2.24. The molecule has 0 aliphatic carbocycles. The first-order valence-corrected chi connectivity index (χ1v) is 6.93. The Morgan fingerprint density at radius 3 is 2.81 bits per heavy atom. The van der Waals surface area contributed by atoms with Crippen molar-refractivity contribution in [3.8, 4) is 11.6 Å². The minimum Gasteiger partial charge on any atom is -0.461 e. The average molecular weight is 240 g/mol. The van der Waals surface area contributed by atoms with Gasteiger partial charge in [-0.15, -0.1) is 5.10 Å². The van der Waals surface area contributed by atoms with Gasteiger partial charge in [-0.05, 0) is 18.6 Å². The molecule has 0 aliphatic heterocycles. The van der Waals surface area contributed by atoms with Gasteiger partial charge in [-0.2, -0.15) is 9.35 Å². The maximum atomic E-state index is 11.4. The molecule has 2 aromatic heterocycles. The lowest BCUT2D eigenvalue weighted by Crippen LogP contribution is -1.89. The summed E-state index contributed by atoms with van der Waals surface area (Å²) in [5.41, 5.74) is 0.955. The maximum Gasteiger partial charge on any atom is 0.277 e. The predicted molar refractivity (Wildman–Crippen MR) is 60.9 cm³/mol. The Labute approximate surface area is 93.3 Å². The third-order valence-corrected chi connectivity index (χ3v) is 2.46. The Bertz CT molecular complexity index is 611. The lowest BCUT2D eigenvalue weighted by molar-refractivity contribution is 0.576. The summed E-state index contributed by atoms with van der Waals surface area (Å²) < 4.78 is 20.6. The second-order valence-corrected chi connectivity index (χ2v) is 6.23. The summed E-state index contributed by atoms with van der Waals surface area (Å²) in [4.78, 5) is 4.09. The van der Waals surface area contributed by atoms with Crippen LogP contribution in [0.3, 0.4) is 0 Å². The van der Waals surface area contributed by atoms with Gasteiger partial charge < -0.3 is 4.42 Å². The molecule has 1 N–H and O–H groups in total. The molecule has 0 saturated carbocycles. The molecule has 0 amide bonds. The minimum absolute atomic E-state index is 0.181. The molecular weight excluding hydrogens is 228 g/mol. The highest BCUT2D eigenvalue weighted by molar-refractivity contribution is 7.92. The molecule has 0 fully saturated rings. The van der Waals surface area contributed by atoms with Crippen LogP contribution in [-0.4, -0.2) is 31.9 Å². The van der Waals surface area contributed by atoms with Gasteiger partial charge in [0.25, 0.3) is 5.95 Å². The summed E-state index contributed by atoms with van der Waals surface area (Å²) >= 11 is 0. The van der Waals surface area contributed by atoms with E-state index in [4.69, 9.17) is 4.42 Å². The van der Waals surface area contributed by atoms with E-state index in [1.54, 1.807) is 6.26 Å². The van der Waals surface area contributed by atoms with Crippen LogP contribution in [0.5, 0.6) is 0 Å². The number of furan rings is 1. The molecular formula is C9H12N4O2S. The van der Waals surface area contributed by atoms with Crippen LogP contribution in [0.15, 0.2) is 21.1 Å². The molecule has 2 rings (SSSR count). The van der Waals surface area contributed by atoms with Crippen molar-refractivity contribution < 1.29 is 8.63 Å². The van der Waals surface area contributed by atoms with Gasteiger partial charge in [0.05, 0.1) is 6.26 Å². The maximum absolute atomic E-state index is 11.4. The smallest absolute Gasteiger partial charge is 0.277 e. The summed E-state index contributed by atoms with van der Waals surface area (Å²) in [5.74, 6) is 1.29. The van der Waals surface area contributed by atoms with Crippen molar-refractivity contribution >= 4 is 15.7 Å². The van der Waals surface area contributed by atoms with Crippen molar-refractivity contribution in [2.24, 2.45) is 4.36 Å². The topological polar surface area (TPSA) is 84.1 Å². The van der Waals surface area contributed by atoms with Gasteiger partial charge in [0.2, 0.25) is 0 Å². The van der Waals surface area contributed by atoms with Crippen molar-refractivity contribution in [3.63, 3.8) is 0 Å². The van der Waals surface area contributed by atoms with Gasteiger partial charge >= 0.3 is 0 Å². The molecule has 7 heteroatoms. The number of hydrogen-bond acceptors (Lipinski definition) is 5. The Morgan fingerprint density at radius 2 is 2.25 bits per heavy atom. The van der Waals surface area contributed by atoms with E-state index in [9.17, 15) is 4.21 Å². The van der Waals surface area contributed by atoms with Gasteiger partial charge in [0, 0.05) is 22.2 Å². The van der Waals surface area contributed by atoms with E-state index in [1.807, 2.05) is 13.0 Å². The third kappa shape index (κ3) is 2.30. The fourth-order valence-electron chi connectivity index (χ4n) is 1.21. The Hall–Kier alpha value is -1.63. The first kappa shape index (κ1) is 10.9. The average Bonchev–Trinajstić information content (AvgIpc) is 2.71. The number of aryl methyl sites for hydroxylation is 1. The Morgan fingerprint density at radius 1 is 1.50 bits per heavy atom. The Kier molecular flexibility index (Phi) is 2.55. The fourth-order valence-corrected chi connectivity index (χ4v) is 1.68. The number of aromatic nitrogens is 3. The standard InChI is InChI=1S/C9H12N4O2S/c1-6-4-5-15-7(6)8-10-9(12-11-8)13-16(2,3)14/h4-5H,1-3H3,(H,10,11,12). The highest BCUT2D eigenvalue weighted by Crippen LogP contribution is 2.21. The van der Waals surface area contributed by atoms with Gasteiger partial charge in [0.1, 0.15) is 0 Å². The highest BCUT2D eigenvalue weighted by Gasteiger charge is 2.11. The summed E-state index contributed by atoms with van der Waals surface area (Å²) in [6, 6.07) is 1.83. The molecule has 6 nitrogen and oxygen atoms in total. The molecule has 0 saturated heterocycles. The highest BCUT2D eigenvalue weighted by atomic mass is 32.2. The molecule has 0 aliphatic rings. The predicted octanol–water partition coefficient (Wildman–Crippen LogP) is 1.73. The molecule has 0 radical (unpaired) electrons. The SMILES string of the molecule is Cc1ccoc1-c1nc(N=S(C)(C)=O)n[nH]1. The zero-order valence-electron chi connectivity index (χ0n) is 9.22. The van der Waals surface area contributed by atoms with Crippen LogP contribution in [0.1, 0.15) is 5.56 Å². The molecule has 0 unspecified atom stereocenters. The van der Waals surface area contributed by atoms with Gasteiger partial charge in [-0.25, -0.2) is 4.21 Å². The van der Waals surface area contributed by atoms with Crippen LogP contribution in [0.25, 0.3) is 11.6 Å². The van der Waals surface area contributed by atoms with Gasteiger partial charge in [-0.1, -0.05) is 0 Å². The number of nitrogens with zero attached hydrogens (tertiary/aromatic N) is 3. The molecule has 2 aromatic rings. The quantitative estimate of drug-likeness (QED) is 0.866. The minimum atomic E-state index is -2.24. The third-order valence-electron chi connectivity index (χ3n) is 1.85. The van der Waals surface area contributed by atoms with E-state index in [1.165, 1.54) is 12.5 Å². The van der Waals surface area contributed by atoms with Crippen LogP contribution in [0.4, 0.5) is 5.95 Å². The van der Waals surface area contributed by atoms with E-state index in [0.717, 1.165) is 5.56 Å². The lowest BCUT2D eigenvalue weighted by atomic mass is 10.3. The molecule has 2 heterocycles. The van der Waals surface area contributed by atoms with Crippen LogP contribution in [0, 0.1) is 6.92 Å². The van der Waals surface area contributed by atoms with Crippen LogP contribution in [-0.2, 0) is 9.73 Å². The second-order valence-electron chi connectivity index (χ2n) is 3.69. The first-order valence-electron chi connectivity index (χ1n) is 4.60. The van der Waals surface area contributed by atoms with Gasteiger partial charge in [-0.3, -0.25) is 5.10 Å². The molecule has 86 valence electrons. The second kappa shape index (κ2) is 3.75. The summed E-state index contributed by atoms with van der Waals surface area (Å²) in [6.07, 6.45) is 4.63. The van der Waals surface area contributed by atoms with Crippen molar-refractivity contribution in [1.82, 2.24) is 15.2 Å². The zero-order chi connectivity index (χ0) is 11.8. The molecule has 0 atom stereocenters. The molecule has 0 spiro atoms. The number of rotatable bonds is 2. The number of nitrogens with one attached hydrogen (secondary N) is 1. The van der Waals surface area contributed by atoms with Crippen molar-refractivity contribution in [3.05, 3.63) is 17.9 Å². The van der Waals surface area contributed by atoms with Crippen LogP contribution >= 0.6 is 0 Å². The lowest BCUT2D eigenvalue weighted by Gasteiger charge is -1.90. The number of aromatic amines is 1. The normalized spacial score (nSPS) is 11.7. The monoisotopic (exact) mass is 240 g/mol. The molecule has 0 bridgehead atoms. The van der Waals surface area contributed by atoms with E-state index < -0.39 is 9.73 Å².